The maximum absolute atomic E-state index is 12.6. The first kappa shape index (κ1) is 30.6. The Bertz CT molecular complexity index is 1180. The van der Waals surface area contributed by atoms with Gasteiger partial charge in [-0.2, -0.15) is 24.8 Å². The van der Waals surface area contributed by atoms with Gasteiger partial charge in [0.2, 0.25) is 5.91 Å². The largest absolute Gasteiger partial charge is 2.00 e. The van der Waals surface area contributed by atoms with Gasteiger partial charge in [0.05, 0.1) is 0 Å². The summed E-state index contributed by atoms with van der Waals surface area (Å²) in [5.74, 6) is 0.590. The predicted molar refractivity (Wildman–Crippen MR) is 145 cm³/mol. The van der Waals surface area contributed by atoms with Crippen LogP contribution in [-0.4, -0.2) is 49.8 Å². The normalized spacial score (nSPS) is 10.5. The van der Waals surface area contributed by atoms with Crippen LogP contribution in [0.5, 0.6) is 5.75 Å². The maximum atomic E-state index is 12.6. The molecule has 6 nitrogen and oxygen atoms in total. The first-order valence-corrected chi connectivity index (χ1v) is 12.1. The molecule has 192 valence electrons. The Balaban J connectivity index is 0.00000481. The molecule has 0 saturated carbocycles. The van der Waals surface area contributed by atoms with E-state index in [-0.39, 0.29) is 42.9 Å². The van der Waals surface area contributed by atoms with Gasteiger partial charge in [0.25, 0.3) is 5.91 Å². The Hall–Kier alpha value is -2.59. The number of hydrogen-bond donors (Lipinski definition) is 1. The second kappa shape index (κ2) is 15.0. The van der Waals surface area contributed by atoms with Gasteiger partial charge in [0.15, 0.2) is 0 Å². The fourth-order valence-corrected chi connectivity index (χ4v) is 4.02. The molecular weight excluding hydrogens is 688 g/mol. The van der Waals surface area contributed by atoms with E-state index in [1.807, 2.05) is 68.7 Å². The van der Waals surface area contributed by atoms with E-state index in [4.69, 9.17) is 4.74 Å². The van der Waals surface area contributed by atoms with Crippen molar-refractivity contribution in [1.82, 2.24) is 9.80 Å². The number of nitrogens with one attached hydrogen (secondary N) is 1. The number of carbonyl (C=O) groups is 2. The van der Waals surface area contributed by atoms with Gasteiger partial charge in [-0.05, 0) is 67.2 Å². The smallest absolute Gasteiger partial charge is 0.683 e. The summed E-state index contributed by atoms with van der Waals surface area (Å²) in [4.78, 5) is 28.6. The monoisotopic (exact) mass is 723 g/mol. The number of carbonyl (C=O) groups excluding carboxylic acids is 2. The van der Waals surface area contributed by atoms with Crippen molar-refractivity contribution in [1.29, 1.82) is 0 Å². The van der Waals surface area contributed by atoms with E-state index in [9.17, 15) is 9.59 Å². The van der Waals surface area contributed by atoms with Crippen molar-refractivity contribution in [2.45, 2.75) is 32.2 Å². The average Bonchev–Trinajstić information content (AvgIpc) is 2.87. The first-order valence-electron chi connectivity index (χ1n) is 12.1. The van der Waals surface area contributed by atoms with Crippen molar-refractivity contribution >= 4 is 17.5 Å². The maximum Gasteiger partial charge on any atom is 2.00 e. The first-order chi connectivity index (χ1) is 17.3. The zero-order valence-corrected chi connectivity index (χ0v) is 26.3. The van der Waals surface area contributed by atoms with Gasteiger partial charge in [-0.25, -0.2) is 0 Å². The molecular formula is C30H35N3O3U. The molecule has 0 aliphatic carbocycles. The van der Waals surface area contributed by atoms with Crippen LogP contribution in [0.1, 0.15) is 40.7 Å². The van der Waals surface area contributed by atoms with Crippen LogP contribution < -0.4 is 10.1 Å². The zero-order valence-electron chi connectivity index (χ0n) is 22.1. The minimum absolute atomic E-state index is 0. The van der Waals surface area contributed by atoms with Crippen LogP contribution in [0.2, 0.25) is 0 Å². The number of ether oxygens (including phenoxy) is 1. The summed E-state index contributed by atoms with van der Waals surface area (Å²) in [6.07, 6.45) is 3.01. The summed E-state index contributed by atoms with van der Waals surface area (Å²) in [6, 6.07) is 22.4. The number of rotatable bonds is 11. The predicted octanol–water partition coefficient (Wildman–Crippen LogP) is 5.44. The summed E-state index contributed by atoms with van der Waals surface area (Å²) < 4.78 is 4.97. The SMILES string of the molecule is [CH2-]Oc1[c-]ccc(CCCCC(=O)Nc2ccc(CN(C)C)c(-c3ccc(C(=O)N(C)C)cc3)c2)c1.[U+2]. The molecule has 0 spiro atoms. The summed E-state index contributed by atoms with van der Waals surface area (Å²) in [6.45, 7) is 0.764. The van der Waals surface area contributed by atoms with Crippen LogP contribution in [0.3, 0.4) is 0 Å². The molecule has 0 bridgehead atoms. The molecule has 3 aromatic rings. The van der Waals surface area contributed by atoms with E-state index in [0.717, 1.165) is 53.7 Å². The topological polar surface area (TPSA) is 61.9 Å². The molecule has 0 aromatic heterocycles. The molecule has 0 atom stereocenters. The van der Waals surface area contributed by atoms with Crippen LogP contribution in [0, 0.1) is 44.3 Å². The standard InChI is InChI=1S/C30H35N3O3.U/c1-32(2)21-25-17-18-26(20-28(25)23-13-15-24(16-14-23)30(35)33(3)4)31-29(34)12-7-6-9-22-10-8-11-27(19-22)36-5;/h8,10,13-20H,5-7,9,12,21H2,1-4H3,(H,31,34);/q-2;+2. The van der Waals surface area contributed by atoms with E-state index in [2.05, 4.69) is 29.5 Å². The number of amides is 2. The third-order valence-electron chi connectivity index (χ3n) is 5.84. The third-order valence-corrected chi connectivity index (χ3v) is 5.84. The molecule has 3 rings (SSSR count). The summed E-state index contributed by atoms with van der Waals surface area (Å²) in [5, 5.41) is 3.05. The fourth-order valence-electron chi connectivity index (χ4n) is 4.02. The Labute approximate surface area is 244 Å². The molecule has 0 heterocycles. The number of aryl methyl sites for hydroxylation is 1. The number of anilines is 1. The minimum atomic E-state index is -0.0298. The molecule has 0 radical (unpaired) electrons. The molecule has 3 aromatic carbocycles. The second-order valence-electron chi connectivity index (χ2n) is 9.35. The molecule has 0 saturated heterocycles. The second-order valence-corrected chi connectivity index (χ2v) is 9.35. The van der Waals surface area contributed by atoms with Crippen LogP contribution >= 0.6 is 0 Å². The summed E-state index contributed by atoms with van der Waals surface area (Å²) in [5.41, 5.74) is 5.74. The van der Waals surface area contributed by atoms with Crippen molar-refractivity contribution < 1.29 is 45.4 Å². The fraction of sp³-hybridized carbons (Fsp3) is 0.300. The van der Waals surface area contributed by atoms with Gasteiger partial charge < -0.3 is 19.9 Å². The number of unbranched alkanes of at least 4 members (excludes halogenated alkanes) is 1. The van der Waals surface area contributed by atoms with Crippen molar-refractivity contribution in [3.63, 3.8) is 0 Å². The number of nitrogens with zero attached hydrogens (tertiary/aromatic N) is 2. The van der Waals surface area contributed by atoms with E-state index >= 15 is 0 Å². The van der Waals surface area contributed by atoms with Gasteiger partial charge in [0.1, 0.15) is 0 Å². The Morgan fingerprint density at radius 1 is 0.973 bits per heavy atom. The summed E-state index contributed by atoms with van der Waals surface area (Å²) >= 11 is 0. The van der Waals surface area contributed by atoms with Crippen LogP contribution in [0.25, 0.3) is 11.1 Å². The Kier molecular flexibility index (Phi) is 12.4. The zero-order chi connectivity index (χ0) is 26.1. The molecule has 0 aliphatic rings. The van der Waals surface area contributed by atoms with E-state index < -0.39 is 0 Å². The van der Waals surface area contributed by atoms with Crippen LogP contribution in [0.4, 0.5) is 5.69 Å². The molecule has 0 fully saturated rings. The molecule has 0 aliphatic heterocycles. The Morgan fingerprint density at radius 2 is 1.70 bits per heavy atom. The molecule has 37 heavy (non-hydrogen) atoms. The van der Waals surface area contributed by atoms with Crippen molar-refractivity contribution in [2.75, 3.05) is 33.5 Å². The van der Waals surface area contributed by atoms with Crippen molar-refractivity contribution in [3.05, 3.63) is 90.5 Å². The Morgan fingerprint density at radius 3 is 2.35 bits per heavy atom. The average molecular weight is 724 g/mol. The van der Waals surface area contributed by atoms with Crippen LogP contribution in [-0.2, 0) is 17.8 Å². The summed E-state index contributed by atoms with van der Waals surface area (Å²) in [7, 11) is 11.0. The van der Waals surface area contributed by atoms with E-state index in [1.54, 1.807) is 19.0 Å². The van der Waals surface area contributed by atoms with Gasteiger partial charge in [0, 0.05) is 38.3 Å². The number of benzene rings is 3. The van der Waals surface area contributed by atoms with Gasteiger partial charge in [-0.3, -0.25) is 9.59 Å². The minimum Gasteiger partial charge on any atom is -0.683 e. The van der Waals surface area contributed by atoms with Gasteiger partial charge in [-0.1, -0.05) is 31.0 Å². The van der Waals surface area contributed by atoms with Crippen LogP contribution in [0.15, 0.2) is 60.7 Å². The molecule has 1 N–H and O–H groups in total. The molecule has 2 amide bonds. The third kappa shape index (κ3) is 9.34. The molecule has 7 heteroatoms. The number of hydrogen-bond acceptors (Lipinski definition) is 4. The molecule has 0 unspecified atom stereocenters. The van der Waals surface area contributed by atoms with E-state index in [0.29, 0.717) is 17.7 Å². The van der Waals surface area contributed by atoms with Crippen molar-refractivity contribution in [2.24, 2.45) is 0 Å². The van der Waals surface area contributed by atoms with Gasteiger partial charge in [-0.15, -0.1) is 12.1 Å². The van der Waals surface area contributed by atoms with Gasteiger partial charge >= 0.3 is 31.1 Å². The van der Waals surface area contributed by atoms with Crippen molar-refractivity contribution in [3.8, 4) is 16.9 Å². The van der Waals surface area contributed by atoms with E-state index in [1.165, 1.54) is 0 Å². The quantitative estimate of drug-likeness (QED) is 0.212.